The van der Waals surface area contributed by atoms with Gasteiger partial charge >= 0.3 is 11.8 Å². The van der Waals surface area contributed by atoms with E-state index in [1.807, 2.05) is 0 Å². The smallest absolute Gasteiger partial charge is 0.313 e. The van der Waals surface area contributed by atoms with Crippen LogP contribution in [0.15, 0.2) is 48.5 Å². The number of benzene rings is 2. The van der Waals surface area contributed by atoms with Gasteiger partial charge < -0.3 is 15.4 Å². The van der Waals surface area contributed by atoms with Gasteiger partial charge in [-0.3, -0.25) is 19.7 Å². The van der Waals surface area contributed by atoms with E-state index in [-0.39, 0.29) is 23.5 Å². The number of carbonyl (C=O) groups is 2. The quantitative estimate of drug-likeness (QED) is 0.457. The molecule has 1 unspecified atom stereocenters. The van der Waals surface area contributed by atoms with Gasteiger partial charge in [-0.05, 0) is 25.1 Å². The van der Waals surface area contributed by atoms with Crippen LogP contribution in [0.25, 0.3) is 0 Å². The minimum Gasteiger partial charge on any atom is -0.372 e. The van der Waals surface area contributed by atoms with Crippen LogP contribution < -0.4 is 10.6 Å². The van der Waals surface area contributed by atoms with Gasteiger partial charge in [-0.15, -0.1) is 0 Å². The highest BCUT2D eigenvalue weighted by Crippen LogP contribution is 2.26. The van der Waals surface area contributed by atoms with Crippen molar-refractivity contribution in [1.82, 2.24) is 5.32 Å². The van der Waals surface area contributed by atoms with Crippen molar-refractivity contribution in [2.24, 2.45) is 0 Å². The van der Waals surface area contributed by atoms with E-state index < -0.39 is 28.2 Å². The van der Waals surface area contributed by atoms with Crippen LogP contribution in [0.4, 0.5) is 15.8 Å². The fourth-order valence-corrected chi connectivity index (χ4v) is 2.35. The zero-order valence-electron chi connectivity index (χ0n) is 14.7. The van der Waals surface area contributed by atoms with Crippen LogP contribution in [0.2, 0.25) is 0 Å². The van der Waals surface area contributed by atoms with Gasteiger partial charge in [0, 0.05) is 30.5 Å². The Hall–Kier alpha value is -3.33. The number of carbonyl (C=O) groups excluding carboxylic acids is 2. The molecule has 2 aromatic rings. The largest absolute Gasteiger partial charge is 0.372 e. The SMILES string of the molecule is COC(C)(CNC(=O)C(=O)Nc1ccc([N+](=O)[O-])cc1)c1ccccc1F. The van der Waals surface area contributed by atoms with E-state index >= 15 is 0 Å². The number of halogens is 1. The third-order valence-electron chi connectivity index (χ3n) is 4.02. The molecule has 0 aliphatic heterocycles. The number of hydrogen-bond acceptors (Lipinski definition) is 5. The lowest BCUT2D eigenvalue weighted by atomic mass is 9.95. The Kier molecular flexibility index (Phi) is 6.19. The van der Waals surface area contributed by atoms with E-state index in [0.29, 0.717) is 0 Å². The zero-order chi connectivity index (χ0) is 20.0. The van der Waals surface area contributed by atoms with Crippen LogP contribution in [0.1, 0.15) is 12.5 Å². The molecule has 0 fully saturated rings. The van der Waals surface area contributed by atoms with E-state index in [0.717, 1.165) is 0 Å². The Bertz CT molecular complexity index is 856. The van der Waals surface area contributed by atoms with E-state index in [4.69, 9.17) is 4.74 Å². The predicted molar refractivity (Wildman–Crippen MR) is 95.5 cm³/mol. The summed E-state index contributed by atoms with van der Waals surface area (Å²) >= 11 is 0. The molecule has 0 aliphatic rings. The number of amides is 2. The number of anilines is 1. The molecule has 0 radical (unpaired) electrons. The maximum Gasteiger partial charge on any atom is 0.313 e. The van der Waals surface area contributed by atoms with Crippen molar-refractivity contribution in [3.8, 4) is 0 Å². The summed E-state index contributed by atoms with van der Waals surface area (Å²) in [6, 6.07) is 11.0. The standard InChI is InChI=1S/C18H18FN3O5/c1-18(27-2,14-5-3-4-6-15(14)19)11-20-16(23)17(24)21-12-7-9-13(10-8-12)22(25)26/h3-10H,11H2,1-2H3,(H,20,23)(H,21,24). The molecule has 9 heteroatoms. The Balaban J connectivity index is 2.00. The third kappa shape index (κ3) is 4.85. The molecule has 2 aromatic carbocycles. The van der Waals surface area contributed by atoms with Crippen LogP contribution >= 0.6 is 0 Å². The maximum absolute atomic E-state index is 14.0. The molecule has 0 aromatic heterocycles. The summed E-state index contributed by atoms with van der Waals surface area (Å²) in [4.78, 5) is 34.0. The van der Waals surface area contributed by atoms with E-state index in [1.165, 1.54) is 49.6 Å². The summed E-state index contributed by atoms with van der Waals surface area (Å²) in [6.07, 6.45) is 0. The molecule has 142 valence electrons. The van der Waals surface area contributed by atoms with Crippen molar-refractivity contribution < 1.29 is 23.6 Å². The minimum absolute atomic E-state index is 0.141. The van der Waals surface area contributed by atoms with Gasteiger partial charge in [-0.1, -0.05) is 18.2 Å². The number of methoxy groups -OCH3 is 1. The number of non-ortho nitro benzene ring substituents is 1. The van der Waals surface area contributed by atoms with Gasteiger partial charge in [0.15, 0.2) is 0 Å². The summed E-state index contributed by atoms with van der Waals surface area (Å²) in [5, 5.41) is 15.3. The predicted octanol–water partition coefficient (Wildman–Crippen LogP) is 2.35. The maximum atomic E-state index is 14.0. The molecular weight excluding hydrogens is 357 g/mol. The topological polar surface area (TPSA) is 111 Å². The summed E-state index contributed by atoms with van der Waals surface area (Å²) in [5.41, 5.74) is -0.847. The molecule has 0 bridgehead atoms. The van der Waals surface area contributed by atoms with Crippen LogP contribution in [-0.4, -0.2) is 30.4 Å². The molecule has 27 heavy (non-hydrogen) atoms. The van der Waals surface area contributed by atoms with Gasteiger partial charge in [0.2, 0.25) is 0 Å². The fourth-order valence-electron chi connectivity index (χ4n) is 2.35. The second-order valence-electron chi connectivity index (χ2n) is 5.86. The number of nitrogens with one attached hydrogen (secondary N) is 2. The normalized spacial score (nSPS) is 12.7. The summed E-state index contributed by atoms with van der Waals surface area (Å²) in [7, 11) is 1.37. The summed E-state index contributed by atoms with van der Waals surface area (Å²) in [5.74, 6) is -2.41. The molecule has 0 spiro atoms. The van der Waals surface area contributed by atoms with Gasteiger partial charge in [0.05, 0.1) is 11.5 Å². The average molecular weight is 375 g/mol. The second kappa shape index (κ2) is 8.37. The number of rotatable bonds is 6. The highest BCUT2D eigenvalue weighted by molar-refractivity contribution is 6.39. The van der Waals surface area contributed by atoms with Crippen LogP contribution in [0.3, 0.4) is 0 Å². The Labute approximate surface area is 154 Å². The van der Waals surface area contributed by atoms with Crippen LogP contribution in [0, 0.1) is 15.9 Å². The molecule has 0 heterocycles. The van der Waals surface area contributed by atoms with Crippen LogP contribution in [0.5, 0.6) is 0 Å². The molecule has 0 aliphatic carbocycles. The first-order valence-electron chi connectivity index (χ1n) is 7.90. The molecule has 2 rings (SSSR count). The monoisotopic (exact) mass is 375 g/mol. The summed E-state index contributed by atoms with van der Waals surface area (Å²) < 4.78 is 19.4. The van der Waals surface area contributed by atoms with E-state index in [9.17, 15) is 24.1 Å². The first-order chi connectivity index (χ1) is 12.8. The zero-order valence-corrected chi connectivity index (χ0v) is 14.7. The highest BCUT2D eigenvalue weighted by atomic mass is 19.1. The van der Waals surface area contributed by atoms with Crippen molar-refractivity contribution in [3.63, 3.8) is 0 Å². The number of ether oxygens (including phenoxy) is 1. The summed E-state index contributed by atoms with van der Waals surface area (Å²) in [6.45, 7) is 1.44. The number of hydrogen-bond donors (Lipinski definition) is 2. The van der Waals surface area contributed by atoms with E-state index in [1.54, 1.807) is 13.0 Å². The van der Waals surface area contributed by atoms with Gasteiger partial charge in [-0.2, -0.15) is 0 Å². The van der Waals surface area contributed by atoms with Crippen molar-refractivity contribution >= 4 is 23.2 Å². The number of nitro benzene ring substituents is 1. The molecule has 1 atom stereocenters. The lowest BCUT2D eigenvalue weighted by molar-refractivity contribution is -0.384. The Morgan fingerprint density at radius 3 is 2.33 bits per heavy atom. The first kappa shape index (κ1) is 20.0. The number of nitrogens with zero attached hydrogens (tertiary/aromatic N) is 1. The second-order valence-corrected chi connectivity index (χ2v) is 5.86. The van der Waals surface area contributed by atoms with Crippen molar-refractivity contribution in [2.45, 2.75) is 12.5 Å². The van der Waals surface area contributed by atoms with Crippen molar-refractivity contribution in [2.75, 3.05) is 19.0 Å². The lowest BCUT2D eigenvalue weighted by Crippen LogP contribution is -2.44. The molecular formula is C18H18FN3O5. The molecule has 8 nitrogen and oxygen atoms in total. The Morgan fingerprint density at radius 2 is 1.78 bits per heavy atom. The van der Waals surface area contributed by atoms with Gasteiger partial charge in [0.25, 0.3) is 5.69 Å². The molecule has 2 amide bonds. The lowest BCUT2D eigenvalue weighted by Gasteiger charge is -2.29. The van der Waals surface area contributed by atoms with Crippen LogP contribution in [-0.2, 0) is 19.9 Å². The van der Waals surface area contributed by atoms with E-state index in [2.05, 4.69) is 10.6 Å². The minimum atomic E-state index is -1.17. The molecule has 0 saturated carbocycles. The first-order valence-corrected chi connectivity index (χ1v) is 7.90. The van der Waals surface area contributed by atoms with Crippen molar-refractivity contribution in [1.29, 1.82) is 0 Å². The van der Waals surface area contributed by atoms with Crippen molar-refractivity contribution in [3.05, 3.63) is 70.0 Å². The number of nitro groups is 1. The highest BCUT2D eigenvalue weighted by Gasteiger charge is 2.30. The third-order valence-corrected chi connectivity index (χ3v) is 4.02. The Morgan fingerprint density at radius 1 is 1.15 bits per heavy atom. The van der Waals surface area contributed by atoms with Gasteiger partial charge in [0.1, 0.15) is 11.4 Å². The molecule has 2 N–H and O–H groups in total. The molecule has 0 saturated heterocycles. The van der Waals surface area contributed by atoms with Gasteiger partial charge in [-0.25, -0.2) is 4.39 Å². The fraction of sp³-hybridized carbons (Fsp3) is 0.222. The average Bonchev–Trinajstić information content (AvgIpc) is 2.66.